The highest BCUT2D eigenvalue weighted by molar-refractivity contribution is 5.86. The molecule has 0 bridgehead atoms. The molecule has 1 amide bonds. The van der Waals surface area contributed by atoms with Gasteiger partial charge in [0.05, 0.1) is 0 Å². The van der Waals surface area contributed by atoms with Gasteiger partial charge in [-0.1, -0.05) is 0 Å². The number of aliphatic hydroxyl groups is 1. The third-order valence-electron chi connectivity index (χ3n) is 7.13. The molecule has 4 heterocycles. The van der Waals surface area contributed by atoms with E-state index in [-0.39, 0.29) is 19.1 Å². The molecular formula is C25H27F3N4O2. The van der Waals surface area contributed by atoms with Gasteiger partial charge in [0.15, 0.2) is 0 Å². The van der Waals surface area contributed by atoms with Crippen molar-refractivity contribution in [1.29, 1.82) is 0 Å². The second-order valence-electron chi connectivity index (χ2n) is 9.49. The molecule has 0 spiro atoms. The molecule has 1 saturated heterocycles. The van der Waals surface area contributed by atoms with Crippen molar-refractivity contribution in [1.82, 2.24) is 20.2 Å². The van der Waals surface area contributed by atoms with Gasteiger partial charge in [-0.15, -0.1) is 0 Å². The summed E-state index contributed by atoms with van der Waals surface area (Å²) in [6.07, 6.45) is 1.12. The number of carbonyl (C=O) groups is 1. The van der Waals surface area contributed by atoms with Crippen LogP contribution in [0.25, 0.3) is 22.2 Å². The molecule has 2 aliphatic rings. The Labute approximate surface area is 195 Å². The van der Waals surface area contributed by atoms with E-state index in [1.807, 2.05) is 19.2 Å². The van der Waals surface area contributed by atoms with E-state index in [1.165, 1.54) is 0 Å². The van der Waals surface area contributed by atoms with Gasteiger partial charge in [-0.25, -0.2) is 4.98 Å². The summed E-state index contributed by atoms with van der Waals surface area (Å²) in [4.78, 5) is 21.4. The van der Waals surface area contributed by atoms with Gasteiger partial charge in [0.2, 0.25) is 5.60 Å². The van der Waals surface area contributed by atoms with Crippen LogP contribution in [0.2, 0.25) is 0 Å². The standard InChI is InChI=1S/C25H27F3N4O2/c1-14-11-30-22-19(14)10-16(12-31-22)15-8-17-13-32(23(33)24(2,34)25(26,27)28)7-5-18(17)20(9-15)21-4-3-6-29-21/h8-12,21,29,34H,3-7,13H2,1-2H3,(H,30,31)/t21-,24?/m0/s1. The lowest BCUT2D eigenvalue weighted by atomic mass is 9.86. The summed E-state index contributed by atoms with van der Waals surface area (Å²) in [5, 5.41) is 14.5. The Morgan fingerprint density at radius 1 is 1.24 bits per heavy atom. The molecule has 1 fully saturated rings. The van der Waals surface area contributed by atoms with E-state index in [0.717, 1.165) is 68.7 Å². The number of carbonyl (C=O) groups excluding carboxylic acids is 1. The van der Waals surface area contributed by atoms with Crippen LogP contribution in [0.4, 0.5) is 13.2 Å². The molecule has 3 aromatic rings. The van der Waals surface area contributed by atoms with Gasteiger partial charge in [-0.05, 0) is 85.7 Å². The van der Waals surface area contributed by atoms with Crippen molar-refractivity contribution in [2.75, 3.05) is 13.1 Å². The minimum Gasteiger partial charge on any atom is -0.373 e. The largest absolute Gasteiger partial charge is 0.426 e. The maximum absolute atomic E-state index is 13.3. The van der Waals surface area contributed by atoms with Crippen LogP contribution in [0, 0.1) is 6.92 Å². The SMILES string of the molecule is Cc1c[nH]c2ncc(-c3cc4c(c([C@@H]5CCCN5)c3)CCN(C(=O)C(C)(O)C(F)(F)F)C4)cc12. The highest BCUT2D eigenvalue weighted by Gasteiger charge is 2.57. The van der Waals surface area contributed by atoms with Crippen LogP contribution in [-0.2, 0) is 17.8 Å². The topological polar surface area (TPSA) is 81.2 Å². The summed E-state index contributed by atoms with van der Waals surface area (Å²) in [5.41, 5.74) is 3.28. The van der Waals surface area contributed by atoms with Gasteiger partial charge < -0.3 is 20.3 Å². The van der Waals surface area contributed by atoms with Crippen LogP contribution in [0.15, 0.2) is 30.6 Å². The van der Waals surface area contributed by atoms with Crippen LogP contribution in [0.5, 0.6) is 0 Å². The molecule has 3 N–H and O–H groups in total. The first-order valence-corrected chi connectivity index (χ1v) is 11.5. The molecule has 0 aliphatic carbocycles. The molecule has 0 saturated carbocycles. The van der Waals surface area contributed by atoms with E-state index >= 15 is 0 Å². The van der Waals surface area contributed by atoms with Gasteiger partial charge in [0, 0.05) is 42.5 Å². The van der Waals surface area contributed by atoms with Crippen LogP contribution in [0.3, 0.4) is 0 Å². The lowest BCUT2D eigenvalue weighted by Crippen LogP contribution is -2.56. The van der Waals surface area contributed by atoms with Gasteiger partial charge in [0.1, 0.15) is 5.65 Å². The quantitative estimate of drug-likeness (QED) is 0.535. The Morgan fingerprint density at radius 3 is 2.74 bits per heavy atom. The third-order valence-corrected chi connectivity index (χ3v) is 7.13. The molecule has 9 heteroatoms. The predicted molar refractivity (Wildman–Crippen MR) is 122 cm³/mol. The first kappa shape index (κ1) is 22.9. The zero-order valence-corrected chi connectivity index (χ0v) is 19.1. The third kappa shape index (κ3) is 3.76. The number of aromatic nitrogens is 2. The smallest absolute Gasteiger partial charge is 0.373 e. The summed E-state index contributed by atoms with van der Waals surface area (Å²) >= 11 is 0. The first-order chi connectivity index (χ1) is 16.1. The summed E-state index contributed by atoms with van der Waals surface area (Å²) in [6.45, 7) is 3.59. The molecule has 180 valence electrons. The summed E-state index contributed by atoms with van der Waals surface area (Å²) in [7, 11) is 0. The first-order valence-electron chi connectivity index (χ1n) is 11.5. The average Bonchev–Trinajstić information content (AvgIpc) is 3.47. The number of pyridine rings is 1. The molecule has 2 aromatic heterocycles. The fourth-order valence-corrected chi connectivity index (χ4v) is 5.06. The number of aryl methyl sites for hydroxylation is 1. The molecule has 34 heavy (non-hydrogen) atoms. The van der Waals surface area contributed by atoms with E-state index in [1.54, 1.807) is 6.20 Å². The van der Waals surface area contributed by atoms with E-state index in [4.69, 9.17) is 0 Å². The summed E-state index contributed by atoms with van der Waals surface area (Å²) < 4.78 is 39.9. The van der Waals surface area contributed by atoms with Crippen LogP contribution in [0.1, 0.15) is 48.1 Å². The Balaban J connectivity index is 1.57. The molecule has 1 aromatic carbocycles. The number of hydrogen-bond acceptors (Lipinski definition) is 4. The zero-order chi connectivity index (χ0) is 24.3. The van der Waals surface area contributed by atoms with Crippen molar-refractivity contribution in [3.8, 4) is 11.1 Å². The number of hydrogen-bond donors (Lipinski definition) is 3. The molecule has 2 atom stereocenters. The van der Waals surface area contributed by atoms with Gasteiger partial charge >= 0.3 is 6.18 Å². The maximum atomic E-state index is 13.3. The lowest BCUT2D eigenvalue weighted by molar-refractivity contribution is -0.250. The highest BCUT2D eigenvalue weighted by atomic mass is 19.4. The molecule has 6 nitrogen and oxygen atoms in total. The Morgan fingerprint density at radius 2 is 2.03 bits per heavy atom. The number of nitrogens with one attached hydrogen (secondary N) is 2. The van der Waals surface area contributed by atoms with E-state index in [2.05, 4.69) is 27.4 Å². The Kier molecular flexibility index (Phi) is 5.44. The summed E-state index contributed by atoms with van der Waals surface area (Å²) in [6, 6.07) is 6.32. The number of alkyl halides is 3. The van der Waals surface area contributed by atoms with Gasteiger partial charge in [-0.2, -0.15) is 13.2 Å². The van der Waals surface area contributed by atoms with Crippen molar-refractivity contribution >= 4 is 16.9 Å². The van der Waals surface area contributed by atoms with Crippen molar-refractivity contribution in [3.05, 3.63) is 52.8 Å². The molecule has 0 radical (unpaired) electrons. The highest BCUT2D eigenvalue weighted by Crippen LogP contribution is 2.38. The molecular weight excluding hydrogens is 445 g/mol. The fourth-order valence-electron chi connectivity index (χ4n) is 5.06. The number of nitrogens with zero attached hydrogens (tertiary/aromatic N) is 2. The second-order valence-corrected chi connectivity index (χ2v) is 9.49. The molecule has 2 aliphatic heterocycles. The number of fused-ring (bicyclic) bond motifs is 2. The van der Waals surface area contributed by atoms with E-state index in [9.17, 15) is 23.1 Å². The van der Waals surface area contributed by atoms with Crippen molar-refractivity contribution in [3.63, 3.8) is 0 Å². The number of rotatable bonds is 3. The van der Waals surface area contributed by atoms with Gasteiger partial charge in [0.25, 0.3) is 5.91 Å². The molecule has 5 rings (SSSR count). The number of H-pyrrole nitrogens is 1. The Hall–Kier alpha value is -2.91. The number of benzene rings is 1. The fraction of sp³-hybridized carbons (Fsp3) is 0.440. The van der Waals surface area contributed by atoms with E-state index < -0.39 is 17.7 Å². The Bertz CT molecular complexity index is 1260. The molecule has 1 unspecified atom stereocenters. The lowest BCUT2D eigenvalue weighted by Gasteiger charge is -2.36. The maximum Gasteiger partial charge on any atom is 0.426 e. The number of halogens is 3. The van der Waals surface area contributed by atoms with Crippen LogP contribution >= 0.6 is 0 Å². The van der Waals surface area contributed by atoms with Crippen molar-refractivity contribution < 1.29 is 23.1 Å². The normalized spacial score (nSPS) is 20.4. The minimum absolute atomic E-state index is 0.0206. The zero-order valence-electron chi connectivity index (χ0n) is 19.1. The average molecular weight is 473 g/mol. The monoisotopic (exact) mass is 472 g/mol. The van der Waals surface area contributed by atoms with Gasteiger partial charge in [-0.3, -0.25) is 4.79 Å². The van der Waals surface area contributed by atoms with Crippen molar-refractivity contribution in [2.45, 2.75) is 57.5 Å². The minimum atomic E-state index is -5.04. The van der Waals surface area contributed by atoms with Crippen molar-refractivity contribution in [2.24, 2.45) is 0 Å². The number of aromatic amines is 1. The van der Waals surface area contributed by atoms with Crippen LogP contribution in [-0.4, -0.2) is 50.7 Å². The summed E-state index contributed by atoms with van der Waals surface area (Å²) in [5.74, 6) is -1.32. The second kappa shape index (κ2) is 8.09. The predicted octanol–water partition coefficient (Wildman–Crippen LogP) is 4.16. The van der Waals surface area contributed by atoms with E-state index in [0.29, 0.717) is 13.3 Å². The number of amides is 1. The van der Waals surface area contributed by atoms with Crippen LogP contribution < -0.4 is 5.32 Å².